The predicted octanol–water partition coefficient (Wildman–Crippen LogP) is 20.8. The Kier molecular flexibility index (Phi) is 8.98. The molecule has 14 aromatic carbocycles. The van der Waals surface area contributed by atoms with Crippen molar-refractivity contribution in [1.82, 2.24) is 4.57 Å². The lowest BCUT2D eigenvalue weighted by Crippen LogP contribution is -2.25. The summed E-state index contributed by atoms with van der Waals surface area (Å²) in [6.45, 7) is 0. The summed E-state index contributed by atoms with van der Waals surface area (Å²) in [6.07, 6.45) is 0. The first-order chi connectivity index (χ1) is 41.2. The fourth-order valence-electron chi connectivity index (χ4n) is 16.5. The standard InChI is InChI=1S/C82H49N/c1-2-20-54(21-3-1)83-77-37-19-12-28-63(77)67-46-51(41-45-78(67)83)50-38-44-66-68(47-50)80(53-40-43-62-60-27-11-18-36-74(60)82(76(62)49-53)71-33-15-8-24-57(71)58-25-9-16-34-72(58)82)65-30-5-4-29-64(65)79(66)52-39-42-61-59-26-10-17-35-73(59)81(75(61)48-52)69-31-13-6-22-55(69)56-23-7-14-32-70(56)81/h1-49H. The summed E-state index contributed by atoms with van der Waals surface area (Å²) in [5, 5.41) is 7.43. The van der Waals surface area contributed by atoms with Gasteiger partial charge in [0.1, 0.15) is 0 Å². The molecule has 0 saturated heterocycles. The van der Waals surface area contributed by atoms with Crippen molar-refractivity contribution in [2.45, 2.75) is 10.8 Å². The Morgan fingerprint density at radius 1 is 0.193 bits per heavy atom. The number of rotatable bonds is 4. The minimum Gasteiger partial charge on any atom is -0.309 e. The lowest BCUT2D eigenvalue weighted by Gasteiger charge is -2.31. The van der Waals surface area contributed by atoms with Crippen molar-refractivity contribution >= 4 is 43.4 Å². The van der Waals surface area contributed by atoms with Crippen LogP contribution in [0.2, 0.25) is 0 Å². The first kappa shape index (κ1) is 45.2. The van der Waals surface area contributed by atoms with E-state index in [1.807, 2.05) is 0 Å². The summed E-state index contributed by atoms with van der Waals surface area (Å²) in [5.74, 6) is 0. The first-order valence-electron chi connectivity index (χ1n) is 29.2. The zero-order chi connectivity index (χ0) is 54.1. The molecule has 15 aromatic rings. The Morgan fingerprint density at radius 2 is 0.518 bits per heavy atom. The molecule has 0 aliphatic heterocycles. The smallest absolute Gasteiger partial charge is 0.0725 e. The number of aromatic nitrogens is 1. The van der Waals surface area contributed by atoms with Gasteiger partial charge < -0.3 is 4.57 Å². The third-order valence-corrected chi connectivity index (χ3v) is 19.6. The van der Waals surface area contributed by atoms with Crippen molar-refractivity contribution in [1.29, 1.82) is 0 Å². The van der Waals surface area contributed by atoms with Gasteiger partial charge in [-0.15, -0.1) is 0 Å². The third-order valence-electron chi connectivity index (χ3n) is 19.6. The molecule has 0 bridgehead atoms. The van der Waals surface area contributed by atoms with Gasteiger partial charge in [-0.25, -0.2) is 0 Å². The second kappa shape index (κ2) is 16.5. The third kappa shape index (κ3) is 5.71. The fraction of sp³-hybridized carbons (Fsp3) is 0.0244. The molecule has 0 saturated carbocycles. The molecule has 1 aromatic heterocycles. The minimum atomic E-state index is -0.477. The van der Waals surface area contributed by atoms with E-state index in [9.17, 15) is 0 Å². The van der Waals surface area contributed by atoms with Crippen LogP contribution in [0.15, 0.2) is 297 Å². The van der Waals surface area contributed by atoms with Crippen LogP contribution in [0.25, 0.3) is 127 Å². The highest BCUT2D eigenvalue weighted by molar-refractivity contribution is 6.23. The van der Waals surface area contributed by atoms with E-state index >= 15 is 0 Å². The van der Waals surface area contributed by atoms with Crippen molar-refractivity contribution in [2.24, 2.45) is 0 Å². The van der Waals surface area contributed by atoms with Gasteiger partial charge in [-0.05, 0) is 192 Å². The predicted molar refractivity (Wildman–Crippen MR) is 345 cm³/mol. The molecule has 1 heteroatoms. The second-order valence-corrected chi connectivity index (χ2v) is 23.3. The topological polar surface area (TPSA) is 4.93 Å². The van der Waals surface area contributed by atoms with E-state index in [-0.39, 0.29) is 0 Å². The molecular weight excluding hydrogens is 999 g/mol. The van der Waals surface area contributed by atoms with E-state index in [2.05, 4.69) is 302 Å². The Bertz CT molecular complexity index is 5210. The SMILES string of the molecule is c1ccc(-n2c3ccccc3c3cc(-c4ccc5c(-c6ccc7c(c6)C6(c8ccccc8-c8ccccc86)c6ccccc6-7)c6ccccc6c(-c6ccc7c(c6)C6(c8ccccc8-c8ccccc86)c6ccccc6-7)c5c4)ccc32)cc1. The van der Waals surface area contributed by atoms with Crippen molar-refractivity contribution in [2.75, 3.05) is 0 Å². The zero-order valence-electron chi connectivity index (χ0n) is 45.2. The van der Waals surface area contributed by atoms with Crippen LogP contribution >= 0.6 is 0 Å². The van der Waals surface area contributed by atoms with Crippen molar-refractivity contribution in [3.8, 4) is 83.6 Å². The molecule has 0 radical (unpaired) electrons. The van der Waals surface area contributed by atoms with Crippen LogP contribution in [0.5, 0.6) is 0 Å². The highest BCUT2D eigenvalue weighted by atomic mass is 15.0. The molecule has 83 heavy (non-hydrogen) atoms. The maximum absolute atomic E-state index is 2.58. The lowest BCUT2D eigenvalue weighted by atomic mass is 9.70. The normalized spacial score (nSPS) is 14.0. The summed E-state index contributed by atoms with van der Waals surface area (Å²) in [6, 6.07) is 113. The molecule has 0 amide bonds. The van der Waals surface area contributed by atoms with E-state index in [0.29, 0.717) is 0 Å². The van der Waals surface area contributed by atoms with Gasteiger partial charge >= 0.3 is 0 Å². The summed E-state index contributed by atoms with van der Waals surface area (Å²) in [7, 11) is 0. The highest BCUT2D eigenvalue weighted by Crippen LogP contribution is 2.65. The number of nitrogens with zero attached hydrogens (tertiary/aromatic N) is 1. The Hall–Kier alpha value is -10.6. The zero-order valence-corrected chi connectivity index (χ0v) is 45.2. The maximum atomic E-state index is 2.58. The van der Waals surface area contributed by atoms with Crippen molar-refractivity contribution in [3.63, 3.8) is 0 Å². The van der Waals surface area contributed by atoms with Crippen LogP contribution in [-0.2, 0) is 10.8 Å². The van der Waals surface area contributed by atoms with E-state index < -0.39 is 10.8 Å². The Morgan fingerprint density at radius 3 is 0.988 bits per heavy atom. The average Bonchev–Trinajstić information content (AvgIpc) is 1.64. The van der Waals surface area contributed by atoms with Crippen LogP contribution in [0, 0.1) is 0 Å². The molecule has 2 spiro atoms. The molecule has 1 heterocycles. The van der Waals surface area contributed by atoms with Gasteiger partial charge in [0, 0.05) is 16.5 Å². The summed E-state index contributed by atoms with van der Waals surface area (Å²) in [5.41, 5.74) is 31.2. The Labute approximate surface area is 481 Å². The molecule has 19 rings (SSSR count). The highest BCUT2D eigenvalue weighted by Gasteiger charge is 2.53. The second-order valence-electron chi connectivity index (χ2n) is 23.3. The quantitative estimate of drug-likeness (QED) is 0.155. The maximum Gasteiger partial charge on any atom is 0.0725 e. The number of para-hydroxylation sites is 2. The van der Waals surface area contributed by atoms with Crippen LogP contribution in [-0.4, -0.2) is 4.57 Å². The van der Waals surface area contributed by atoms with Gasteiger partial charge in [-0.1, -0.05) is 249 Å². The van der Waals surface area contributed by atoms with Crippen LogP contribution in [0.3, 0.4) is 0 Å². The fourth-order valence-corrected chi connectivity index (χ4v) is 16.5. The molecule has 0 N–H and O–H groups in total. The molecule has 0 fully saturated rings. The van der Waals surface area contributed by atoms with Crippen LogP contribution in [0.1, 0.15) is 44.5 Å². The number of hydrogen-bond donors (Lipinski definition) is 0. The van der Waals surface area contributed by atoms with Gasteiger partial charge in [0.15, 0.2) is 0 Å². The van der Waals surface area contributed by atoms with Gasteiger partial charge in [0.2, 0.25) is 0 Å². The minimum absolute atomic E-state index is 0.467. The summed E-state index contributed by atoms with van der Waals surface area (Å²) < 4.78 is 2.41. The molecular formula is C82H49N. The molecule has 382 valence electrons. The average molecular weight is 1050 g/mol. The van der Waals surface area contributed by atoms with E-state index in [1.54, 1.807) is 0 Å². The molecule has 0 atom stereocenters. The summed E-state index contributed by atoms with van der Waals surface area (Å²) >= 11 is 0. The lowest BCUT2D eigenvalue weighted by molar-refractivity contribution is 0.794. The molecule has 0 unspecified atom stereocenters. The summed E-state index contributed by atoms with van der Waals surface area (Å²) in [4.78, 5) is 0. The van der Waals surface area contributed by atoms with Gasteiger partial charge in [0.05, 0.1) is 21.9 Å². The van der Waals surface area contributed by atoms with Crippen LogP contribution < -0.4 is 0 Å². The van der Waals surface area contributed by atoms with Crippen molar-refractivity contribution in [3.05, 3.63) is 342 Å². The number of benzene rings is 14. The number of fused-ring (bicyclic) bond motifs is 25. The molecule has 4 aliphatic rings. The van der Waals surface area contributed by atoms with E-state index in [4.69, 9.17) is 0 Å². The van der Waals surface area contributed by atoms with Gasteiger partial charge in [0.25, 0.3) is 0 Å². The van der Waals surface area contributed by atoms with Crippen LogP contribution in [0.4, 0.5) is 0 Å². The largest absolute Gasteiger partial charge is 0.309 e. The van der Waals surface area contributed by atoms with Crippen molar-refractivity contribution < 1.29 is 0 Å². The Balaban J connectivity index is 0.898. The number of hydrogen-bond acceptors (Lipinski definition) is 0. The molecule has 4 aliphatic carbocycles. The monoisotopic (exact) mass is 1050 g/mol. The van der Waals surface area contributed by atoms with E-state index in [1.165, 1.54) is 166 Å². The molecule has 1 nitrogen and oxygen atoms in total. The van der Waals surface area contributed by atoms with E-state index in [0.717, 1.165) is 5.69 Å². The van der Waals surface area contributed by atoms with Gasteiger partial charge in [-0.2, -0.15) is 0 Å². The first-order valence-corrected chi connectivity index (χ1v) is 29.2. The van der Waals surface area contributed by atoms with Gasteiger partial charge in [-0.3, -0.25) is 0 Å².